The molecule has 2 aromatic carbocycles. The van der Waals surface area contributed by atoms with Crippen molar-refractivity contribution >= 4 is 22.8 Å². The number of carbonyl (C=O) groups excluding carboxylic acids is 2. The predicted molar refractivity (Wildman–Crippen MR) is 119 cm³/mol. The Hall–Kier alpha value is -2.07. The highest BCUT2D eigenvalue weighted by atomic mass is 32.2. The zero-order chi connectivity index (χ0) is 20.6. The molecule has 1 aliphatic carbocycles. The number of benzene rings is 2. The first-order valence-corrected chi connectivity index (χ1v) is 12.1. The molecule has 4 heterocycles. The summed E-state index contributed by atoms with van der Waals surface area (Å²) in [4.78, 5) is 30.3. The van der Waals surface area contributed by atoms with Gasteiger partial charge in [0, 0.05) is 23.8 Å². The SMILES string of the molecule is CC[C@]12CCCN3C(=O)[C@]4(c5ccccc5)C(=O)S[C@@]31C(CC2)[C@H]4c1ccccc1. The van der Waals surface area contributed by atoms with Crippen molar-refractivity contribution in [3.8, 4) is 0 Å². The Morgan fingerprint density at radius 3 is 2.40 bits per heavy atom. The van der Waals surface area contributed by atoms with E-state index in [1.165, 1.54) is 11.8 Å². The number of carbonyl (C=O) groups is 2. The van der Waals surface area contributed by atoms with Gasteiger partial charge in [0.15, 0.2) is 5.41 Å². The van der Waals surface area contributed by atoms with Crippen molar-refractivity contribution in [2.45, 2.75) is 55.2 Å². The van der Waals surface area contributed by atoms with E-state index in [9.17, 15) is 9.59 Å². The number of amides is 1. The van der Waals surface area contributed by atoms with Gasteiger partial charge >= 0.3 is 0 Å². The molecular formula is C26H27NO2S. The third-order valence-corrected chi connectivity index (χ3v) is 10.5. The zero-order valence-corrected chi connectivity index (χ0v) is 18.2. The van der Waals surface area contributed by atoms with Gasteiger partial charge in [0.2, 0.25) is 11.0 Å². The molecule has 1 spiro atoms. The van der Waals surface area contributed by atoms with Crippen LogP contribution in [-0.2, 0) is 15.0 Å². The van der Waals surface area contributed by atoms with Crippen LogP contribution in [0.2, 0.25) is 0 Å². The van der Waals surface area contributed by atoms with Gasteiger partial charge in [-0.3, -0.25) is 9.59 Å². The van der Waals surface area contributed by atoms with Crippen LogP contribution in [0.1, 0.15) is 56.1 Å². The highest BCUT2D eigenvalue weighted by Crippen LogP contribution is 2.76. The normalized spacial score (nSPS) is 39.3. The van der Waals surface area contributed by atoms with Crippen LogP contribution in [-0.4, -0.2) is 27.3 Å². The lowest BCUT2D eigenvalue weighted by Crippen LogP contribution is -2.78. The number of rotatable bonds is 3. The standard InChI is InChI=1S/C26H27NO2S/c1-2-24-15-9-17-27-22(28)25(19-12-7-4-8-13-19)21(18-10-5-3-6-11-18)20(14-16-24)26(24,27)30-23(25)29/h3-8,10-13,20-21H,2,9,14-17H2,1H3/t20?,21-,24-,25-,26-/m1/s1. The lowest BCUT2D eigenvalue weighted by atomic mass is 9.55. The van der Waals surface area contributed by atoms with Crippen molar-refractivity contribution in [2.75, 3.05) is 6.54 Å². The molecule has 2 aromatic rings. The van der Waals surface area contributed by atoms with Crippen LogP contribution in [0.3, 0.4) is 0 Å². The molecule has 154 valence electrons. The Kier molecular flexibility index (Phi) is 3.88. The summed E-state index contributed by atoms with van der Waals surface area (Å²) in [5.41, 5.74) is 0.961. The van der Waals surface area contributed by atoms with E-state index in [1.54, 1.807) is 0 Å². The maximum atomic E-state index is 14.4. The molecule has 0 radical (unpaired) electrons. The van der Waals surface area contributed by atoms with E-state index >= 15 is 0 Å². The molecule has 5 fully saturated rings. The van der Waals surface area contributed by atoms with Crippen molar-refractivity contribution in [3.05, 3.63) is 71.8 Å². The van der Waals surface area contributed by atoms with E-state index in [4.69, 9.17) is 0 Å². The average Bonchev–Trinajstić information content (AvgIpc) is 3.12. The Balaban J connectivity index is 1.68. The van der Waals surface area contributed by atoms with Gasteiger partial charge in [-0.1, -0.05) is 79.3 Å². The molecule has 7 rings (SSSR count). The first-order chi connectivity index (χ1) is 14.6. The van der Waals surface area contributed by atoms with Crippen LogP contribution in [0.25, 0.3) is 0 Å². The highest BCUT2D eigenvalue weighted by Gasteiger charge is 2.80. The van der Waals surface area contributed by atoms with Crippen LogP contribution in [0.5, 0.6) is 0 Å². The third kappa shape index (κ3) is 1.91. The van der Waals surface area contributed by atoms with Crippen molar-refractivity contribution in [1.29, 1.82) is 0 Å². The minimum atomic E-state index is -1.11. The Bertz CT molecular complexity index is 1020. The summed E-state index contributed by atoms with van der Waals surface area (Å²) in [6, 6.07) is 20.3. The van der Waals surface area contributed by atoms with Gasteiger partial charge in [-0.15, -0.1) is 0 Å². The number of piperidine rings is 2. The van der Waals surface area contributed by atoms with E-state index in [-0.39, 0.29) is 27.2 Å². The van der Waals surface area contributed by atoms with Gasteiger partial charge in [-0.05, 0) is 43.2 Å². The van der Waals surface area contributed by atoms with Gasteiger partial charge < -0.3 is 4.90 Å². The topological polar surface area (TPSA) is 37.4 Å². The summed E-state index contributed by atoms with van der Waals surface area (Å²) in [5.74, 6) is 0.271. The van der Waals surface area contributed by atoms with E-state index in [0.717, 1.165) is 49.8 Å². The zero-order valence-electron chi connectivity index (χ0n) is 17.3. The fraction of sp³-hybridized carbons (Fsp3) is 0.462. The minimum Gasteiger partial charge on any atom is -0.325 e. The van der Waals surface area contributed by atoms with E-state index in [0.29, 0.717) is 5.92 Å². The lowest BCUT2D eigenvalue weighted by molar-refractivity contribution is -0.166. The number of thioether (sulfide) groups is 1. The Morgan fingerprint density at radius 2 is 1.70 bits per heavy atom. The highest BCUT2D eigenvalue weighted by molar-refractivity contribution is 8.15. The summed E-state index contributed by atoms with van der Waals surface area (Å²) in [6.07, 6.45) is 5.42. The van der Waals surface area contributed by atoms with Crippen LogP contribution in [0.15, 0.2) is 60.7 Å². The molecule has 4 saturated heterocycles. The van der Waals surface area contributed by atoms with E-state index in [1.807, 2.05) is 36.4 Å². The fourth-order valence-corrected chi connectivity index (χ4v) is 9.60. The summed E-state index contributed by atoms with van der Waals surface area (Å²) < 4.78 is 0. The summed E-state index contributed by atoms with van der Waals surface area (Å²) in [7, 11) is 0. The van der Waals surface area contributed by atoms with Crippen LogP contribution in [0, 0.1) is 11.3 Å². The first-order valence-electron chi connectivity index (χ1n) is 11.3. The maximum absolute atomic E-state index is 14.4. The molecule has 0 aromatic heterocycles. The second-order valence-corrected chi connectivity index (χ2v) is 10.7. The van der Waals surface area contributed by atoms with Gasteiger partial charge in [0.1, 0.15) is 4.87 Å². The largest absolute Gasteiger partial charge is 0.325 e. The minimum absolute atomic E-state index is 0.0574. The van der Waals surface area contributed by atoms with Crippen LogP contribution >= 0.6 is 11.8 Å². The number of hydrogen-bond acceptors (Lipinski definition) is 3. The molecule has 1 unspecified atom stereocenters. The quantitative estimate of drug-likeness (QED) is 0.651. The third-order valence-electron chi connectivity index (χ3n) is 8.72. The number of fused-ring (bicyclic) bond motifs is 1. The molecule has 4 heteroatoms. The summed E-state index contributed by atoms with van der Waals surface area (Å²) in [6.45, 7) is 3.05. The van der Waals surface area contributed by atoms with E-state index < -0.39 is 5.41 Å². The van der Waals surface area contributed by atoms with Gasteiger partial charge in [0.25, 0.3) is 0 Å². The molecule has 2 bridgehead atoms. The van der Waals surface area contributed by atoms with Gasteiger partial charge in [-0.25, -0.2) is 0 Å². The summed E-state index contributed by atoms with van der Waals surface area (Å²) >= 11 is 1.53. The predicted octanol–water partition coefficient (Wildman–Crippen LogP) is 5.12. The first kappa shape index (κ1) is 18.7. The molecule has 1 amide bonds. The lowest BCUT2D eigenvalue weighted by Gasteiger charge is -2.68. The molecule has 1 saturated carbocycles. The number of hydrogen-bond donors (Lipinski definition) is 0. The van der Waals surface area contributed by atoms with Crippen molar-refractivity contribution in [2.24, 2.45) is 11.3 Å². The monoisotopic (exact) mass is 417 g/mol. The van der Waals surface area contributed by atoms with Crippen molar-refractivity contribution in [1.82, 2.24) is 4.90 Å². The maximum Gasteiger partial charge on any atom is 0.243 e. The second kappa shape index (κ2) is 6.23. The average molecular weight is 418 g/mol. The molecule has 5 atom stereocenters. The second-order valence-electron chi connectivity index (χ2n) is 9.49. The molecular weight excluding hydrogens is 390 g/mol. The van der Waals surface area contributed by atoms with E-state index in [2.05, 4.69) is 36.1 Å². The van der Waals surface area contributed by atoms with Crippen LogP contribution < -0.4 is 0 Å². The van der Waals surface area contributed by atoms with Crippen LogP contribution in [0.4, 0.5) is 0 Å². The smallest absolute Gasteiger partial charge is 0.243 e. The fourth-order valence-electron chi connectivity index (χ4n) is 7.57. The molecule has 5 aliphatic rings. The number of nitrogens with zero attached hydrogens (tertiary/aromatic N) is 1. The molecule has 0 N–H and O–H groups in total. The van der Waals surface area contributed by atoms with Gasteiger partial charge in [0.05, 0.1) is 0 Å². The molecule has 30 heavy (non-hydrogen) atoms. The van der Waals surface area contributed by atoms with Gasteiger partial charge in [-0.2, -0.15) is 0 Å². The Morgan fingerprint density at radius 1 is 1.00 bits per heavy atom. The van der Waals surface area contributed by atoms with Crippen molar-refractivity contribution in [3.63, 3.8) is 0 Å². The molecule has 4 aliphatic heterocycles. The van der Waals surface area contributed by atoms with Crippen molar-refractivity contribution < 1.29 is 9.59 Å². The summed E-state index contributed by atoms with van der Waals surface area (Å²) in [5, 5.41) is 0.0710. The molecule has 3 nitrogen and oxygen atoms in total. The Labute approximate surface area is 182 Å².